The van der Waals surface area contributed by atoms with Gasteiger partial charge in [-0.2, -0.15) is 0 Å². The van der Waals surface area contributed by atoms with Gasteiger partial charge < -0.3 is 10.6 Å². The van der Waals surface area contributed by atoms with E-state index in [-0.39, 0.29) is 18.0 Å². The topological polar surface area (TPSA) is 54.0 Å². The summed E-state index contributed by atoms with van der Waals surface area (Å²) in [7, 11) is 0. The van der Waals surface area contributed by atoms with E-state index >= 15 is 0 Å². The van der Waals surface area contributed by atoms with E-state index in [1.807, 2.05) is 12.3 Å². The standard InChI is InChI=1S/C22H27N3O/c1-15(16-8-10-17(11-9-16)19-6-4-12-23-14-19)24-22(26)21-13-18-5-2-3-7-20(18)25-21/h4,6,8-12,14-15,18,20-21,25H,2-3,5,7,13H2,1H3,(H,24,26). The van der Waals surface area contributed by atoms with Gasteiger partial charge in [0.05, 0.1) is 12.1 Å². The lowest BCUT2D eigenvalue weighted by molar-refractivity contribution is -0.123. The van der Waals surface area contributed by atoms with Crippen molar-refractivity contribution >= 4 is 5.91 Å². The van der Waals surface area contributed by atoms with Crippen molar-refractivity contribution in [3.8, 4) is 11.1 Å². The lowest BCUT2D eigenvalue weighted by Crippen LogP contribution is -2.43. The van der Waals surface area contributed by atoms with Gasteiger partial charge in [-0.05, 0) is 54.9 Å². The van der Waals surface area contributed by atoms with Crippen LogP contribution >= 0.6 is 0 Å². The van der Waals surface area contributed by atoms with Gasteiger partial charge >= 0.3 is 0 Å². The Kier molecular flexibility index (Phi) is 5.02. The number of carbonyl (C=O) groups is 1. The number of benzene rings is 1. The molecule has 26 heavy (non-hydrogen) atoms. The van der Waals surface area contributed by atoms with E-state index in [1.54, 1.807) is 6.20 Å². The highest BCUT2D eigenvalue weighted by Crippen LogP contribution is 2.33. The van der Waals surface area contributed by atoms with Gasteiger partial charge in [-0.25, -0.2) is 0 Å². The molecule has 4 atom stereocenters. The normalized spacial score (nSPS) is 26.1. The van der Waals surface area contributed by atoms with Crippen molar-refractivity contribution in [1.82, 2.24) is 15.6 Å². The van der Waals surface area contributed by atoms with Crippen LogP contribution in [0.3, 0.4) is 0 Å². The molecule has 4 nitrogen and oxygen atoms in total. The Labute approximate surface area is 155 Å². The molecule has 4 heteroatoms. The van der Waals surface area contributed by atoms with Crippen LogP contribution < -0.4 is 10.6 Å². The third-order valence-corrected chi connectivity index (χ3v) is 5.94. The summed E-state index contributed by atoms with van der Waals surface area (Å²) >= 11 is 0. The number of amides is 1. The minimum atomic E-state index is -0.0276. The molecule has 4 rings (SSSR count). The fourth-order valence-electron chi connectivity index (χ4n) is 4.42. The number of nitrogens with one attached hydrogen (secondary N) is 2. The van der Waals surface area contributed by atoms with Crippen molar-refractivity contribution < 1.29 is 4.79 Å². The van der Waals surface area contributed by atoms with Crippen molar-refractivity contribution in [3.63, 3.8) is 0 Å². The quantitative estimate of drug-likeness (QED) is 0.882. The first-order chi connectivity index (χ1) is 12.7. The predicted molar refractivity (Wildman–Crippen MR) is 104 cm³/mol. The molecule has 136 valence electrons. The Balaban J connectivity index is 1.37. The molecule has 0 bridgehead atoms. The third kappa shape index (κ3) is 3.65. The first kappa shape index (κ1) is 17.2. The van der Waals surface area contributed by atoms with Gasteiger partial charge in [-0.15, -0.1) is 0 Å². The summed E-state index contributed by atoms with van der Waals surface area (Å²) in [6.45, 7) is 2.05. The molecule has 2 heterocycles. The second-order valence-electron chi connectivity index (χ2n) is 7.70. The van der Waals surface area contributed by atoms with Crippen molar-refractivity contribution in [1.29, 1.82) is 0 Å². The number of fused-ring (bicyclic) bond motifs is 1. The molecule has 1 amide bonds. The second kappa shape index (κ2) is 7.58. The number of pyridine rings is 1. The molecule has 0 radical (unpaired) electrons. The highest BCUT2D eigenvalue weighted by molar-refractivity contribution is 5.82. The van der Waals surface area contributed by atoms with Gasteiger partial charge in [0.15, 0.2) is 0 Å². The molecule has 1 saturated heterocycles. The smallest absolute Gasteiger partial charge is 0.237 e. The lowest BCUT2D eigenvalue weighted by Gasteiger charge is -2.24. The average molecular weight is 349 g/mol. The van der Waals surface area contributed by atoms with Crippen molar-refractivity contribution in [2.75, 3.05) is 0 Å². The molecule has 4 unspecified atom stereocenters. The summed E-state index contributed by atoms with van der Waals surface area (Å²) in [5, 5.41) is 6.75. The first-order valence-corrected chi connectivity index (χ1v) is 9.77. The van der Waals surface area contributed by atoms with Crippen LogP contribution in [0.25, 0.3) is 11.1 Å². The molecule has 1 aromatic heterocycles. The zero-order valence-electron chi connectivity index (χ0n) is 15.3. The molecule has 1 saturated carbocycles. The van der Waals surface area contributed by atoms with Crippen LogP contribution in [-0.2, 0) is 4.79 Å². The van der Waals surface area contributed by atoms with Gasteiger partial charge in [0.2, 0.25) is 5.91 Å². The minimum Gasteiger partial charge on any atom is -0.348 e. The largest absolute Gasteiger partial charge is 0.348 e. The van der Waals surface area contributed by atoms with E-state index in [9.17, 15) is 4.79 Å². The summed E-state index contributed by atoms with van der Waals surface area (Å²) in [5.41, 5.74) is 3.37. The highest BCUT2D eigenvalue weighted by Gasteiger charge is 2.38. The van der Waals surface area contributed by atoms with E-state index in [4.69, 9.17) is 0 Å². The Morgan fingerprint density at radius 2 is 1.96 bits per heavy atom. The minimum absolute atomic E-state index is 0.00914. The molecule has 1 aromatic carbocycles. The Hall–Kier alpha value is -2.20. The second-order valence-corrected chi connectivity index (χ2v) is 7.70. The molecule has 1 aliphatic carbocycles. The van der Waals surface area contributed by atoms with Crippen molar-refractivity contribution in [2.24, 2.45) is 5.92 Å². The Bertz CT molecular complexity index is 730. The molecular formula is C22H27N3O. The van der Waals surface area contributed by atoms with Crippen LogP contribution in [0.2, 0.25) is 0 Å². The van der Waals surface area contributed by atoms with Gasteiger partial charge in [0.1, 0.15) is 0 Å². The van der Waals surface area contributed by atoms with Crippen LogP contribution in [0.5, 0.6) is 0 Å². The van der Waals surface area contributed by atoms with E-state index in [0.717, 1.165) is 23.1 Å². The molecule has 2 fully saturated rings. The maximum absolute atomic E-state index is 12.7. The monoisotopic (exact) mass is 349 g/mol. The summed E-state index contributed by atoms with van der Waals surface area (Å²) in [5.74, 6) is 0.830. The number of rotatable bonds is 4. The van der Waals surface area contributed by atoms with Crippen LogP contribution in [0.15, 0.2) is 48.8 Å². The molecule has 0 spiro atoms. The van der Waals surface area contributed by atoms with Gasteiger partial charge in [0.25, 0.3) is 0 Å². The fraction of sp³-hybridized carbons (Fsp3) is 0.455. The zero-order valence-corrected chi connectivity index (χ0v) is 15.3. The summed E-state index contributed by atoms with van der Waals surface area (Å²) in [6.07, 6.45) is 9.74. The third-order valence-electron chi connectivity index (χ3n) is 5.94. The number of hydrogen-bond acceptors (Lipinski definition) is 3. The SMILES string of the molecule is CC(NC(=O)C1CC2CCCCC2N1)c1ccc(-c2cccnc2)cc1. The molecule has 1 aliphatic heterocycles. The van der Waals surface area contributed by atoms with E-state index < -0.39 is 0 Å². The van der Waals surface area contributed by atoms with Crippen LogP contribution in [0.4, 0.5) is 0 Å². The summed E-state index contributed by atoms with van der Waals surface area (Å²) < 4.78 is 0. The summed E-state index contributed by atoms with van der Waals surface area (Å²) in [6, 6.07) is 12.9. The molecular weight excluding hydrogens is 322 g/mol. The maximum Gasteiger partial charge on any atom is 0.237 e. The van der Waals surface area contributed by atoms with Gasteiger partial charge in [-0.3, -0.25) is 9.78 Å². The molecule has 2 N–H and O–H groups in total. The highest BCUT2D eigenvalue weighted by atomic mass is 16.2. The average Bonchev–Trinajstić information content (AvgIpc) is 3.13. The van der Waals surface area contributed by atoms with E-state index in [1.165, 1.54) is 25.7 Å². The van der Waals surface area contributed by atoms with Gasteiger partial charge in [-0.1, -0.05) is 43.2 Å². The summed E-state index contributed by atoms with van der Waals surface area (Å²) in [4.78, 5) is 16.8. The first-order valence-electron chi connectivity index (χ1n) is 9.77. The van der Waals surface area contributed by atoms with E-state index in [2.05, 4.69) is 52.9 Å². The Morgan fingerprint density at radius 3 is 2.69 bits per heavy atom. The van der Waals surface area contributed by atoms with Gasteiger partial charge in [0, 0.05) is 18.4 Å². The number of aromatic nitrogens is 1. The number of hydrogen-bond donors (Lipinski definition) is 2. The zero-order chi connectivity index (χ0) is 17.9. The predicted octanol–water partition coefficient (Wildman–Crippen LogP) is 3.85. The van der Waals surface area contributed by atoms with Crippen molar-refractivity contribution in [3.05, 3.63) is 54.4 Å². The maximum atomic E-state index is 12.7. The fourth-order valence-corrected chi connectivity index (χ4v) is 4.42. The van der Waals surface area contributed by atoms with Crippen LogP contribution in [-0.4, -0.2) is 23.0 Å². The van der Waals surface area contributed by atoms with Crippen LogP contribution in [0.1, 0.15) is 50.6 Å². The van der Waals surface area contributed by atoms with E-state index in [0.29, 0.717) is 12.0 Å². The number of nitrogens with zero attached hydrogens (tertiary/aromatic N) is 1. The Morgan fingerprint density at radius 1 is 1.15 bits per heavy atom. The molecule has 2 aliphatic rings. The van der Waals surface area contributed by atoms with Crippen LogP contribution in [0, 0.1) is 5.92 Å². The molecule has 2 aromatic rings. The van der Waals surface area contributed by atoms with Crippen molar-refractivity contribution in [2.45, 2.75) is 57.2 Å². The number of carbonyl (C=O) groups excluding carboxylic acids is 1. The lowest BCUT2D eigenvalue weighted by atomic mass is 9.85.